The van der Waals surface area contributed by atoms with E-state index in [-0.39, 0.29) is 11.6 Å². The van der Waals surface area contributed by atoms with E-state index >= 15 is 0 Å². The SMILES string of the molecule is CN1C(=O)/C(=C/c2ccc([N+](=O)[O-])cc2)SC1=Nc1ccncc1Cl. The van der Waals surface area contributed by atoms with Crippen molar-refractivity contribution in [3.05, 3.63) is 68.3 Å². The van der Waals surface area contributed by atoms with Crippen LogP contribution in [-0.2, 0) is 4.79 Å². The number of amides is 1. The van der Waals surface area contributed by atoms with Gasteiger partial charge in [0.15, 0.2) is 5.17 Å². The lowest BCUT2D eigenvalue weighted by molar-refractivity contribution is -0.384. The van der Waals surface area contributed by atoms with Crippen LogP contribution in [0, 0.1) is 10.1 Å². The largest absolute Gasteiger partial charge is 0.290 e. The van der Waals surface area contributed by atoms with Crippen molar-refractivity contribution in [1.82, 2.24) is 9.88 Å². The zero-order chi connectivity index (χ0) is 18.0. The molecule has 1 fully saturated rings. The summed E-state index contributed by atoms with van der Waals surface area (Å²) in [6, 6.07) is 7.63. The number of amidine groups is 1. The molecule has 0 unspecified atom stereocenters. The number of nitro groups is 1. The summed E-state index contributed by atoms with van der Waals surface area (Å²) in [6.07, 6.45) is 4.72. The van der Waals surface area contributed by atoms with Crippen LogP contribution >= 0.6 is 23.4 Å². The van der Waals surface area contributed by atoms with Crippen LogP contribution < -0.4 is 0 Å². The molecular formula is C16H11ClN4O3S. The summed E-state index contributed by atoms with van der Waals surface area (Å²) in [7, 11) is 1.62. The third-order valence-corrected chi connectivity index (χ3v) is 4.72. The molecule has 3 rings (SSSR count). The molecule has 7 nitrogen and oxygen atoms in total. The van der Waals surface area contributed by atoms with Crippen molar-refractivity contribution < 1.29 is 9.72 Å². The van der Waals surface area contributed by atoms with Gasteiger partial charge in [0, 0.05) is 31.6 Å². The monoisotopic (exact) mass is 374 g/mol. The van der Waals surface area contributed by atoms with Gasteiger partial charge in [-0.25, -0.2) is 4.99 Å². The number of nitro benzene ring substituents is 1. The fourth-order valence-corrected chi connectivity index (χ4v) is 3.20. The average Bonchev–Trinajstić information content (AvgIpc) is 2.85. The normalized spacial score (nSPS) is 17.5. The van der Waals surface area contributed by atoms with E-state index in [0.29, 0.717) is 26.3 Å². The number of carbonyl (C=O) groups excluding carboxylic acids is 1. The van der Waals surface area contributed by atoms with Crippen molar-refractivity contribution in [2.75, 3.05) is 7.05 Å². The maximum Gasteiger partial charge on any atom is 0.269 e. The lowest BCUT2D eigenvalue weighted by Gasteiger charge is -2.07. The molecule has 1 aliphatic rings. The molecule has 0 radical (unpaired) electrons. The van der Waals surface area contributed by atoms with E-state index in [2.05, 4.69) is 9.98 Å². The Labute approximate surface area is 152 Å². The third-order valence-electron chi connectivity index (χ3n) is 3.37. The lowest BCUT2D eigenvalue weighted by atomic mass is 10.2. The van der Waals surface area contributed by atoms with E-state index < -0.39 is 4.92 Å². The number of thioether (sulfide) groups is 1. The van der Waals surface area contributed by atoms with Gasteiger partial charge in [-0.15, -0.1) is 0 Å². The molecule has 1 saturated heterocycles. The molecule has 1 aliphatic heterocycles. The molecule has 1 aromatic heterocycles. The number of aromatic nitrogens is 1. The second-order valence-electron chi connectivity index (χ2n) is 5.04. The van der Waals surface area contributed by atoms with Crippen molar-refractivity contribution in [1.29, 1.82) is 0 Å². The second-order valence-corrected chi connectivity index (χ2v) is 6.46. The van der Waals surface area contributed by atoms with Gasteiger partial charge in [0.25, 0.3) is 11.6 Å². The van der Waals surface area contributed by atoms with Crippen LogP contribution in [0.4, 0.5) is 11.4 Å². The number of hydrogen-bond donors (Lipinski definition) is 0. The summed E-state index contributed by atoms with van der Waals surface area (Å²) in [6.45, 7) is 0. The minimum Gasteiger partial charge on any atom is -0.290 e. The summed E-state index contributed by atoms with van der Waals surface area (Å²) in [5.74, 6) is -0.202. The van der Waals surface area contributed by atoms with Crippen molar-refractivity contribution in [2.24, 2.45) is 4.99 Å². The van der Waals surface area contributed by atoms with Crippen molar-refractivity contribution in [3.63, 3.8) is 0 Å². The minimum atomic E-state index is -0.469. The van der Waals surface area contributed by atoms with Crippen molar-refractivity contribution in [3.8, 4) is 0 Å². The van der Waals surface area contributed by atoms with Crippen molar-refractivity contribution >= 4 is 51.9 Å². The standard InChI is InChI=1S/C16H11ClN4O3S/c1-20-15(22)14(8-10-2-4-11(5-3-10)21(23)24)25-16(20)19-13-6-7-18-9-12(13)17/h2-9H,1H3/b14-8-,19-16?. The lowest BCUT2D eigenvalue weighted by Crippen LogP contribution is -2.23. The predicted molar refractivity (Wildman–Crippen MR) is 97.8 cm³/mol. The zero-order valence-corrected chi connectivity index (χ0v) is 14.5. The van der Waals surface area contributed by atoms with E-state index in [1.807, 2.05) is 0 Å². The van der Waals surface area contributed by atoms with Crippen LogP contribution in [0.3, 0.4) is 0 Å². The number of likely N-dealkylation sites (N-methyl/N-ethyl adjacent to an activating group) is 1. The van der Waals surface area contributed by atoms with Crippen LogP contribution in [-0.4, -0.2) is 32.9 Å². The quantitative estimate of drug-likeness (QED) is 0.462. The minimum absolute atomic E-state index is 0.000694. The van der Waals surface area contributed by atoms with Crippen LogP contribution in [0.1, 0.15) is 5.56 Å². The van der Waals surface area contributed by atoms with Crippen LogP contribution in [0.2, 0.25) is 5.02 Å². The number of rotatable bonds is 3. The molecule has 0 atom stereocenters. The van der Waals surface area contributed by atoms with Crippen LogP contribution in [0.25, 0.3) is 6.08 Å². The first-order chi connectivity index (χ1) is 12.0. The molecule has 1 amide bonds. The molecular weight excluding hydrogens is 364 g/mol. The molecule has 126 valence electrons. The van der Waals surface area contributed by atoms with Gasteiger partial charge in [0.2, 0.25) is 0 Å². The maximum atomic E-state index is 12.4. The highest BCUT2D eigenvalue weighted by Gasteiger charge is 2.30. The predicted octanol–water partition coefficient (Wildman–Crippen LogP) is 3.88. The first-order valence-electron chi connectivity index (χ1n) is 7.06. The molecule has 1 aromatic carbocycles. The highest BCUT2D eigenvalue weighted by atomic mass is 35.5. The highest BCUT2D eigenvalue weighted by molar-refractivity contribution is 8.18. The van der Waals surface area contributed by atoms with E-state index in [4.69, 9.17) is 11.6 Å². The second kappa shape index (κ2) is 7.04. The summed E-state index contributed by atoms with van der Waals surface area (Å²) in [5, 5.41) is 11.6. The smallest absolute Gasteiger partial charge is 0.269 e. The Bertz CT molecular complexity index is 912. The highest BCUT2D eigenvalue weighted by Crippen LogP contribution is 2.34. The van der Waals surface area contributed by atoms with E-state index in [0.717, 1.165) is 0 Å². The number of aliphatic imine (C=N–C) groups is 1. The van der Waals surface area contributed by atoms with Crippen LogP contribution in [0.15, 0.2) is 52.6 Å². The van der Waals surface area contributed by atoms with E-state index in [1.165, 1.54) is 35.0 Å². The molecule has 2 aromatic rings. The van der Waals surface area contributed by atoms with Crippen molar-refractivity contribution in [2.45, 2.75) is 0 Å². The number of halogens is 1. The molecule has 9 heteroatoms. The Morgan fingerprint density at radius 1 is 1.32 bits per heavy atom. The van der Waals surface area contributed by atoms with Gasteiger partial charge < -0.3 is 0 Å². The molecule has 0 bridgehead atoms. The Hall–Kier alpha value is -2.71. The zero-order valence-electron chi connectivity index (χ0n) is 12.9. The fourth-order valence-electron chi connectivity index (χ4n) is 2.06. The first-order valence-corrected chi connectivity index (χ1v) is 8.25. The number of pyridine rings is 1. The van der Waals surface area contributed by atoms with Gasteiger partial charge in [-0.3, -0.25) is 24.8 Å². The number of nitrogens with zero attached hydrogens (tertiary/aromatic N) is 4. The summed E-state index contributed by atoms with van der Waals surface area (Å²) >= 11 is 7.25. The summed E-state index contributed by atoms with van der Waals surface area (Å²) in [4.78, 5) is 32.8. The number of benzene rings is 1. The summed E-state index contributed by atoms with van der Waals surface area (Å²) < 4.78 is 0. The molecule has 0 aliphatic carbocycles. The van der Waals surface area contributed by atoms with Gasteiger partial charge in [-0.2, -0.15) is 0 Å². The van der Waals surface area contributed by atoms with Gasteiger partial charge in [-0.1, -0.05) is 11.6 Å². The van der Waals surface area contributed by atoms with E-state index in [1.54, 1.807) is 37.5 Å². The van der Waals surface area contributed by atoms with Gasteiger partial charge in [0.05, 0.1) is 20.5 Å². The molecule has 0 N–H and O–H groups in total. The average molecular weight is 375 g/mol. The Morgan fingerprint density at radius 3 is 2.68 bits per heavy atom. The van der Waals surface area contributed by atoms with E-state index in [9.17, 15) is 14.9 Å². The number of hydrogen-bond acceptors (Lipinski definition) is 6. The number of non-ortho nitro benzene ring substituents is 1. The summed E-state index contributed by atoms with van der Waals surface area (Å²) in [5.41, 5.74) is 1.22. The Balaban J connectivity index is 1.88. The first kappa shape index (κ1) is 17.1. The Kier molecular flexibility index (Phi) is 4.82. The fraction of sp³-hybridized carbons (Fsp3) is 0.0625. The van der Waals surface area contributed by atoms with Gasteiger partial charge >= 0.3 is 0 Å². The Morgan fingerprint density at radius 2 is 2.04 bits per heavy atom. The van der Waals surface area contributed by atoms with Gasteiger partial charge in [0.1, 0.15) is 0 Å². The van der Waals surface area contributed by atoms with Gasteiger partial charge in [-0.05, 0) is 41.6 Å². The topological polar surface area (TPSA) is 88.7 Å². The third kappa shape index (κ3) is 3.70. The molecule has 2 heterocycles. The van der Waals surface area contributed by atoms with Crippen LogP contribution in [0.5, 0.6) is 0 Å². The molecule has 25 heavy (non-hydrogen) atoms. The molecule has 0 saturated carbocycles. The molecule has 0 spiro atoms. The maximum absolute atomic E-state index is 12.4. The number of carbonyl (C=O) groups is 1.